The third kappa shape index (κ3) is 4.23. The lowest BCUT2D eigenvalue weighted by Crippen LogP contribution is -2.00. The number of pyridine rings is 1. The second-order valence-electron chi connectivity index (χ2n) is 6.37. The quantitative estimate of drug-likeness (QED) is 0.436. The van der Waals surface area contributed by atoms with E-state index < -0.39 is 0 Å². The highest BCUT2D eigenvalue weighted by atomic mass is 16.5. The molecule has 4 aromatic rings. The Morgan fingerprint density at radius 3 is 2.25 bits per heavy atom. The maximum absolute atomic E-state index is 5.87. The average molecular weight is 371 g/mol. The highest BCUT2D eigenvalue weighted by Crippen LogP contribution is 2.27. The first-order valence-electron chi connectivity index (χ1n) is 9.14. The zero-order chi connectivity index (χ0) is 19.2. The number of aromatic nitrogens is 1. The van der Waals surface area contributed by atoms with E-state index in [0.717, 1.165) is 39.4 Å². The van der Waals surface area contributed by atoms with Gasteiger partial charge in [0.25, 0.3) is 0 Å². The topological polar surface area (TPSA) is 40.6 Å². The summed E-state index contributed by atoms with van der Waals surface area (Å²) in [7, 11) is 1.64. The van der Waals surface area contributed by atoms with Crippen LogP contribution >= 0.6 is 0 Å². The van der Waals surface area contributed by atoms with E-state index in [9.17, 15) is 0 Å². The number of fused-ring (bicyclic) bond motifs is 1. The van der Waals surface area contributed by atoms with Crippen molar-refractivity contribution in [3.05, 3.63) is 96.2 Å². The van der Waals surface area contributed by atoms with Crippen LogP contribution in [0.1, 0.15) is 11.3 Å². The van der Waals surface area contributed by atoms with Gasteiger partial charge in [0.1, 0.15) is 19.0 Å². The number of nitrogens with zero attached hydrogens (tertiary/aromatic N) is 1. The van der Waals surface area contributed by atoms with Gasteiger partial charge in [-0.15, -0.1) is 0 Å². The number of methoxy groups -OCH3 is 1. The molecule has 0 atom stereocenters. The lowest BCUT2D eigenvalue weighted by atomic mass is 10.2. The van der Waals surface area contributed by atoms with E-state index in [4.69, 9.17) is 14.2 Å². The normalized spacial score (nSPS) is 10.6. The molecule has 0 N–H and O–H groups in total. The van der Waals surface area contributed by atoms with Crippen molar-refractivity contribution in [2.75, 3.05) is 7.11 Å². The molecule has 0 aliphatic carbocycles. The third-order valence-corrected chi connectivity index (χ3v) is 4.43. The van der Waals surface area contributed by atoms with Crippen molar-refractivity contribution in [1.29, 1.82) is 0 Å². The van der Waals surface area contributed by atoms with Crippen molar-refractivity contribution in [3.63, 3.8) is 0 Å². The maximum atomic E-state index is 5.87. The first-order chi connectivity index (χ1) is 13.8. The Balaban J connectivity index is 1.35. The second-order valence-corrected chi connectivity index (χ2v) is 6.37. The molecular weight excluding hydrogens is 350 g/mol. The van der Waals surface area contributed by atoms with Crippen LogP contribution in [0.5, 0.6) is 17.2 Å². The van der Waals surface area contributed by atoms with Crippen LogP contribution in [0.3, 0.4) is 0 Å². The van der Waals surface area contributed by atoms with Crippen LogP contribution in [0.4, 0.5) is 0 Å². The van der Waals surface area contributed by atoms with Gasteiger partial charge in [0.2, 0.25) is 0 Å². The monoisotopic (exact) mass is 371 g/mol. The molecule has 0 saturated carbocycles. The molecule has 0 unspecified atom stereocenters. The van der Waals surface area contributed by atoms with Crippen LogP contribution in [0.25, 0.3) is 10.9 Å². The van der Waals surface area contributed by atoms with E-state index in [1.165, 1.54) is 0 Å². The summed E-state index contributed by atoms with van der Waals surface area (Å²) in [5.41, 5.74) is 2.94. The van der Waals surface area contributed by atoms with Crippen molar-refractivity contribution in [3.8, 4) is 17.2 Å². The van der Waals surface area contributed by atoms with Crippen molar-refractivity contribution in [1.82, 2.24) is 4.98 Å². The average Bonchev–Trinajstić information content (AvgIpc) is 2.77. The molecule has 1 heterocycles. The largest absolute Gasteiger partial charge is 0.493 e. The lowest BCUT2D eigenvalue weighted by molar-refractivity contribution is 0.283. The van der Waals surface area contributed by atoms with Crippen LogP contribution < -0.4 is 14.2 Å². The first kappa shape index (κ1) is 17.9. The Labute approximate surface area is 164 Å². The van der Waals surface area contributed by atoms with Gasteiger partial charge in [-0.3, -0.25) is 0 Å². The zero-order valence-electron chi connectivity index (χ0n) is 15.7. The van der Waals surface area contributed by atoms with Gasteiger partial charge in [-0.2, -0.15) is 0 Å². The summed E-state index contributed by atoms with van der Waals surface area (Å²) in [6, 6.07) is 27.6. The van der Waals surface area contributed by atoms with Crippen molar-refractivity contribution in [2.45, 2.75) is 13.2 Å². The number of rotatable bonds is 7. The third-order valence-electron chi connectivity index (χ3n) is 4.43. The van der Waals surface area contributed by atoms with Crippen LogP contribution in [-0.4, -0.2) is 12.1 Å². The fourth-order valence-corrected chi connectivity index (χ4v) is 2.93. The molecule has 4 nitrogen and oxygen atoms in total. The summed E-state index contributed by atoms with van der Waals surface area (Å²) in [6.45, 7) is 0.898. The van der Waals surface area contributed by atoms with Gasteiger partial charge in [-0.05, 0) is 42.0 Å². The Kier molecular flexibility index (Phi) is 5.38. The van der Waals surface area contributed by atoms with Gasteiger partial charge < -0.3 is 14.2 Å². The number of hydrogen-bond acceptors (Lipinski definition) is 4. The second kappa shape index (κ2) is 8.44. The molecule has 0 aliphatic heterocycles. The fraction of sp³-hybridized carbons (Fsp3) is 0.125. The van der Waals surface area contributed by atoms with E-state index >= 15 is 0 Å². The maximum Gasteiger partial charge on any atom is 0.161 e. The van der Waals surface area contributed by atoms with Gasteiger partial charge in [-0.1, -0.05) is 48.5 Å². The Bertz CT molecular complexity index is 1060. The minimum atomic E-state index is 0.432. The van der Waals surface area contributed by atoms with Gasteiger partial charge in [0, 0.05) is 5.39 Å². The highest BCUT2D eigenvalue weighted by molar-refractivity contribution is 5.78. The molecule has 0 fully saturated rings. The summed E-state index contributed by atoms with van der Waals surface area (Å²) in [5, 5.41) is 1.13. The van der Waals surface area contributed by atoms with E-state index in [1.54, 1.807) is 7.11 Å². The summed E-state index contributed by atoms with van der Waals surface area (Å²) >= 11 is 0. The Morgan fingerprint density at radius 2 is 1.43 bits per heavy atom. The molecule has 4 heteroatoms. The van der Waals surface area contributed by atoms with E-state index in [2.05, 4.69) is 17.1 Å². The molecule has 0 saturated heterocycles. The first-order valence-corrected chi connectivity index (χ1v) is 9.14. The number of ether oxygens (including phenoxy) is 3. The van der Waals surface area contributed by atoms with Gasteiger partial charge in [0.15, 0.2) is 11.5 Å². The minimum Gasteiger partial charge on any atom is -0.493 e. The number of hydrogen-bond donors (Lipinski definition) is 0. The number of benzene rings is 3. The standard InChI is InChI=1S/C24H21NO3/c1-26-23-8-4-5-9-24(23)28-16-18-10-14-21(15-11-18)27-17-20-13-12-19-6-2-3-7-22(19)25-20/h2-15H,16-17H2,1H3. The van der Waals surface area contributed by atoms with Crippen molar-refractivity contribution < 1.29 is 14.2 Å². The molecule has 0 bridgehead atoms. The van der Waals surface area contributed by atoms with Crippen LogP contribution in [0.15, 0.2) is 84.9 Å². The molecule has 0 radical (unpaired) electrons. The summed E-state index contributed by atoms with van der Waals surface area (Å²) in [6.07, 6.45) is 0. The van der Waals surface area contributed by atoms with Crippen molar-refractivity contribution >= 4 is 10.9 Å². The van der Waals surface area contributed by atoms with Crippen LogP contribution in [-0.2, 0) is 13.2 Å². The smallest absolute Gasteiger partial charge is 0.161 e. The molecule has 0 spiro atoms. The summed E-state index contributed by atoms with van der Waals surface area (Å²) < 4.78 is 17.0. The molecule has 3 aromatic carbocycles. The molecule has 4 rings (SSSR count). The SMILES string of the molecule is COc1ccccc1OCc1ccc(OCc2ccc3ccccc3n2)cc1. The van der Waals surface area contributed by atoms with E-state index in [1.807, 2.05) is 72.8 Å². The summed E-state index contributed by atoms with van der Waals surface area (Å²) in [5.74, 6) is 2.26. The van der Waals surface area contributed by atoms with E-state index in [0.29, 0.717) is 13.2 Å². The van der Waals surface area contributed by atoms with E-state index in [-0.39, 0.29) is 0 Å². The molecule has 1 aromatic heterocycles. The molecule has 0 amide bonds. The molecular formula is C24H21NO3. The fourth-order valence-electron chi connectivity index (χ4n) is 2.93. The van der Waals surface area contributed by atoms with Crippen LogP contribution in [0, 0.1) is 0 Å². The van der Waals surface area contributed by atoms with Gasteiger partial charge in [-0.25, -0.2) is 4.98 Å². The van der Waals surface area contributed by atoms with Gasteiger partial charge >= 0.3 is 0 Å². The van der Waals surface area contributed by atoms with Crippen molar-refractivity contribution in [2.24, 2.45) is 0 Å². The number of para-hydroxylation sites is 3. The minimum absolute atomic E-state index is 0.432. The lowest BCUT2D eigenvalue weighted by Gasteiger charge is -2.11. The van der Waals surface area contributed by atoms with Gasteiger partial charge in [0.05, 0.1) is 18.3 Å². The molecule has 28 heavy (non-hydrogen) atoms. The predicted octanol–water partition coefficient (Wildman–Crippen LogP) is 5.40. The molecule has 140 valence electrons. The van der Waals surface area contributed by atoms with Crippen LogP contribution in [0.2, 0.25) is 0 Å². The highest BCUT2D eigenvalue weighted by Gasteiger charge is 2.04. The predicted molar refractivity (Wildman–Crippen MR) is 110 cm³/mol. The zero-order valence-corrected chi connectivity index (χ0v) is 15.7. The Hall–Kier alpha value is -3.53. The summed E-state index contributed by atoms with van der Waals surface area (Å²) in [4.78, 5) is 4.63. The Morgan fingerprint density at radius 1 is 0.679 bits per heavy atom. The molecule has 0 aliphatic rings.